The van der Waals surface area contributed by atoms with E-state index in [2.05, 4.69) is 0 Å². The standard InChI is InChI=1S/C10H16F3NO/c11-10(12,13)9(15)4-5-14(7-9)6-8-2-1-3-8/h8,15H,1-7H2/t9-/m0/s1. The fraction of sp³-hybridized carbons (Fsp3) is 1.00. The van der Waals surface area contributed by atoms with E-state index in [1.54, 1.807) is 4.90 Å². The van der Waals surface area contributed by atoms with E-state index in [0.29, 0.717) is 12.5 Å². The van der Waals surface area contributed by atoms with Crippen LogP contribution in [0.5, 0.6) is 0 Å². The van der Waals surface area contributed by atoms with Crippen molar-refractivity contribution in [3.8, 4) is 0 Å². The summed E-state index contributed by atoms with van der Waals surface area (Å²) in [6, 6.07) is 0. The third kappa shape index (κ3) is 2.13. The third-order valence-electron chi connectivity index (χ3n) is 3.60. The molecule has 1 aliphatic carbocycles. The zero-order valence-electron chi connectivity index (χ0n) is 8.56. The number of rotatable bonds is 2. The fourth-order valence-electron chi connectivity index (χ4n) is 2.30. The van der Waals surface area contributed by atoms with Crippen molar-refractivity contribution in [3.05, 3.63) is 0 Å². The zero-order chi connectivity index (χ0) is 11.1. The van der Waals surface area contributed by atoms with Gasteiger partial charge in [0.15, 0.2) is 5.60 Å². The molecule has 2 rings (SSSR count). The van der Waals surface area contributed by atoms with E-state index < -0.39 is 11.8 Å². The Bertz CT molecular complexity index is 239. The summed E-state index contributed by atoms with van der Waals surface area (Å²) >= 11 is 0. The van der Waals surface area contributed by atoms with E-state index in [1.165, 1.54) is 6.42 Å². The van der Waals surface area contributed by atoms with Gasteiger partial charge in [-0.05, 0) is 25.2 Å². The molecule has 0 aromatic carbocycles. The Labute approximate surface area is 87.1 Å². The van der Waals surface area contributed by atoms with Crippen LogP contribution in [0.4, 0.5) is 13.2 Å². The summed E-state index contributed by atoms with van der Waals surface area (Å²) in [6.07, 6.45) is -1.21. The summed E-state index contributed by atoms with van der Waals surface area (Å²) in [5, 5.41) is 9.44. The minimum Gasteiger partial charge on any atom is -0.379 e. The van der Waals surface area contributed by atoms with Gasteiger partial charge >= 0.3 is 6.18 Å². The number of nitrogens with zero attached hydrogens (tertiary/aromatic N) is 1. The number of alkyl halides is 3. The van der Waals surface area contributed by atoms with Crippen LogP contribution >= 0.6 is 0 Å². The monoisotopic (exact) mass is 223 g/mol. The summed E-state index contributed by atoms with van der Waals surface area (Å²) < 4.78 is 37.4. The van der Waals surface area contributed by atoms with Crippen LogP contribution < -0.4 is 0 Å². The minimum atomic E-state index is -4.48. The molecule has 1 heterocycles. The molecule has 5 heteroatoms. The van der Waals surface area contributed by atoms with E-state index in [0.717, 1.165) is 19.4 Å². The van der Waals surface area contributed by atoms with Gasteiger partial charge in [0.25, 0.3) is 0 Å². The van der Waals surface area contributed by atoms with E-state index >= 15 is 0 Å². The van der Waals surface area contributed by atoms with Crippen molar-refractivity contribution in [2.45, 2.75) is 37.5 Å². The second-order valence-electron chi connectivity index (χ2n) is 4.81. The summed E-state index contributed by atoms with van der Waals surface area (Å²) in [5.74, 6) is 0.556. The number of likely N-dealkylation sites (tertiary alicyclic amines) is 1. The highest BCUT2D eigenvalue weighted by molar-refractivity contribution is 4.96. The van der Waals surface area contributed by atoms with Gasteiger partial charge in [-0.3, -0.25) is 4.90 Å². The van der Waals surface area contributed by atoms with Gasteiger partial charge < -0.3 is 5.11 Å². The molecule has 2 aliphatic rings. The number of hydrogen-bond acceptors (Lipinski definition) is 2. The van der Waals surface area contributed by atoms with Crippen molar-refractivity contribution >= 4 is 0 Å². The molecule has 1 atom stereocenters. The van der Waals surface area contributed by atoms with Crippen LogP contribution in [-0.4, -0.2) is 41.4 Å². The maximum absolute atomic E-state index is 12.5. The Morgan fingerprint density at radius 2 is 2.00 bits per heavy atom. The SMILES string of the molecule is O[C@@]1(C(F)(F)F)CCN(CC2CCC2)C1. The van der Waals surface area contributed by atoms with Crippen LogP contribution in [0.1, 0.15) is 25.7 Å². The molecule has 88 valence electrons. The first-order valence-corrected chi connectivity index (χ1v) is 5.42. The maximum atomic E-state index is 12.5. The van der Waals surface area contributed by atoms with Crippen LogP contribution in [0.15, 0.2) is 0 Å². The Morgan fingerprint density at radius 1 is 1.33 bits per heavy atom. The van der Waals surface area contributed by atoms with Crippen molar-refractivity contribution in [2.24, 2.45) is 5.92 Å². The smallest absolute Gasteiger partial charge is 0.379 e. The summed E-state index contributed by atoms with van der Waals surface area (Å²) in [7, 11) is 0. The molecule has 1 saturated heterocycles. The molecule has 2 nitrogen and oxygen atoms in total. The number of aliphatic hydroxyl groups is 1. The van der Waals surface area contributed by atoms with Crippen molar-refractivity contribution in [2.75, 3.05) is 19.6 Å². The number of hydrogen-bond donors (Lipinski definition) is 1. The van der Waals surface area contributed by atoms with Gasteiger partial charge in [0.05, 0.1) is 0 Å². The molecule has 0 spiro atoms. The molecule has 0 amide bonds. The van der Waals surface area contributed by atoms with E-state index in [9.17, 15) is 18.3 Å². The van der Waals surface area contributed by atoms with E-state index in [4.69, 9.17) is 0 Å². The molecule has 0 radical (unpaired) electrons. The molecular weight excluding hydrogens is 207 g/mol. The molecule has 1 aliphatic heterocycles. The topological polar surface area (TPSA) is 23.5 Å². The summed E-state index contributed by atoms with van der Waals surface area (Å²) in [6.45, 7) is 0.845. The lowest BCUT2D eigenvalue weighted by Gasteiger charge is -2.31. The summed E-state index contributed by atoms with van der Waals surface area (Å²) in [5.41, 5.74) is -2.46. The van der Waals surface area contributed by atoms with Gasteiger partial charge in [-0.1, -0.05) is 6.42 Å². The van der Waals surface area contributed by atoms with Gasteiger partial charge in [-0.2, -0.15) is 13.2 Å². The molecule has 2 fully saturated rings. The lowest BCUT2D eigenvalue weighted by Crippen LogP contribution is -2.47. The van der Waals surface area contributed by atoms with E-state index in [-0.39, 0.29) is 13.0 Å². The molecule has 0 bridgehead atoms. The lowest BCUT2D eigenvalue weighted by molar-refractivity contribution is -0.254. The molecule has 1 N–H and O–H groups in total. The van der Waals surface area contributed by atoms with Crippen LogP contribution in [0.2, 0.25) is 0 Å². The second-order valence-corrected chi connectivity index (χ2v) is 4.81. The predicted octanol–water partition coefficient (Wildman–Crippen LogP) is 1.79. The highest BCUT2D eigenvalue weighted by Crippen LogP contribution is 2.38. The third-order valence-corrected chi connectivity index (χ3v) is 3.60. The first-order valence-electron chi connectivity index (χ1n) is 5.42. The van der Waals surface area contributed by atoms with Crippen molar-refractivity contribution in [1.82, 2.24) is 4.90 Å². The molecule has 0 aromatic heterocycles. The van der Waals surface area contributed by atoms with Crippen molar-refractivity contribution in [1.29, 1.82) is 0 Å². The first kappa shape index (κ1) is 11.2. The Morgan fingerprint density at radius 3 is 2.40 bits per heavy atom. The van der Waals surface area contributed by atoms with Crippen LogP contribution in [-0.2, 0) is 0 Å². The van der Waals surface area contributed by atoms with Gasteiger partial charge in [0.2, 0.25) is 0 Å². The number of halogens is 3. The van der Waals surface area contributed by atoms with Gasteiger partial charge in [-0.15, -0.1) is 0 Å². The normalized spacial score (nSPS) is 34.4. The number of β-amino-alcohol motifs (C(OH)–C–C–N with tert-alkyl or cyclic N) is 1. The fourth-order valence-corrected chi connectivity index (χ4v) is 2.30. The maximum Gasteiger partial charge on any atom is 0.418 e. The molecule has 0 aromatic rings. The largest absolute Gasteiger partial charge is 0.418 e. The van der Waals surface area contributed by atoms with Crippen molar-refractivity contribution in [3.63, 3.8) is 0 Å². The lowest BCUT2D eigenvalue weighted by atomic mass is 9.85. The highest BCUT2D eigenvalue weighted by atomic mass is 19.4. The molecular formula is C10H16F3NO. The average molecular weight is 223 g/mol. The quantitative estimate of drug-likeness (QED) is 0.771. The van der Waals surface area contributed by atoms with Gasteiger partial charge in [-0.25, -0.2) is 0 Å². The van der Waals surface area contributed by atoms with Crippen LogP contribution in [0.3, 0.4) is 0 Å². The zero-order valence-corrected chi connectivity index (χ0v) is 8.56. The second kappa shape index (κ2) is 3.63. The minimum absolute atomic E-state index is 0.177. The van der Waals surface area contributed by atoms with E-state index in [1.807, 2.05) is 0 Å². The Kier molecular flexibility index (Phi) is 2.71. The van der Waals surface area contributed by atoms with Crippen LogP contribution in [0.25, 0.3) is 0 Å². The van der Waals surface area contributed by atoms with Crippen molar-refractivity contribution < 1.29 is 18.3 Å². The summed E-state index contributed by atoms with van der Waals surface area (Å²) in [4.78, 5) is 1.75. The first-order chi connectivity index (χ1) is 6.91. The average Bonchev–Trinajstić information content (AvgIpc) is 2.40. The van der Waals surface area contributed by atoms with Gasteiger partial charge in [0, 0.05) is 19.6 Å². The molecule has 0 unspecified atom stereocenters. The molecule has 15 heavy (non-hydrogen) atoms. The highest BCUT2D eigenvalue weighted by Gasteiger charge is 2.57. The van der Waals surface area contributed by atoms with Crippen LogP contribution in [0, 0.1) is 5.92 Å². The Hall–Kier alpha value is -0.290. The molecule has 1 saturated carbocycles. The predicted molar refractivity (Wildman–Crippen MR) is 49.4 cm³/mol. The Balaban J connectivity index is 1.87. The van der Waals surface area contributed by atoms with Gasteiger partial charge in [0.1, 0.15) is 0 Å².